The SMILES string of the molecule is Cn1cc(C2(CN)CC2)c2cccc(F)c21. The summed E-state index contributed by atoms with van der Waals surface area (Å²) in [5.41, 5.74) is 7.86. The van der Waals surface area contributed by atoms with Crippen LogP contribution < -0.4 is 5.73 Å². The Morgan fingerprint density at radius 2 is 2.19 bits per heavy atom. The summed E-state index contributed by atoms with van der Waals surface area (Å²) in [6.45, 7) is 0.655. The van der Waals surface area contributed by atoms with E-state index in [4.69, 9.17) is 5.73 Å². The third kappa shape index (κ3) is 1.15. The Kier molecular flexibility index (Phi) is 1.89. The van der Waals surface area contributed by atoms with E-state index in [1.54, 1.807) is 6.07 Å². The zero-order valence-corrected chi connectivity index (χ0v) is 9.33. The monoisotopic (exact) mass is 218 g/mol. The van der Waals surface area contributed by atoms with Crippen molar-refractivity contribution in [2.75, 3.05) is 6.54 Å². The maximum atomic E-state index is 13.7. The van der Waals surface area contributed by atoms with Gasteiger partial charge in [0.2, 0.25) is 0 Å². The van der Waals surface area contributed by atoms with Crippen LogP contribution in [0.5, 0.6) is 0 Å². The highest BCUT2D eigenvalue weighted by Gasteiger charge is 2.44. The summed E-state index contributed by atoms with van der Waals surface area (Å²) < 4.78 is 15.6. The molecule has 0 saturated heterocycles. The molecule has 84 valence electrons. The highest BCUT2D eigenvalue weighted by molar-refractivity contribution is 5.86. The van der Waals surface area contributed by atoms with Crippen LogP contribution in [0, 0.1) is 5.82 Å². The number of para-hydroxylation sites is 1. The van der Waals surface area contributed by atoms with Crippen LogP contribution in [0.4, 0.5) is 4.39 Å². The second kappa shape index (κ2) is 3.08. The van der Waals surface area contributed by atoms with Crippen LogP contribution in [0.2, 0.25) is 0 Å². The second-order valence-corrected chi connectivity index (χ2v) is 4.77. The summed E-state index contributed by atoms with van der Waals surface area (Å²) in [5, 5.41) is 1.02. The number of halogens is 1. The molecule has 2 nitrogen and oxygen atoms in total. The first-order valence-corrected chi connectivity index (χ1v) is 5.62. The van der Waals surface area contributed by atoms with Crippen molar-refractivity contribution < 1.29 is 4.39 Å². The zero-order valence-electron chi connectivity index (χ0n) is 9.33. The van der Waals surface area contributed by atoms with Crippen LogP contribution in [-0.2, 0) is 12.5 Å². The molecule has 0 bridgehead atoms. The molecule has 1 aromatic heterocycles. The largest absolute Gasteiger partial charge is 0.348 e. The molecule has 2 N–H and O–H groups in total. The predicted molar refractivity (Wildman–Crippen MR) is 62.8 cm³/mol. The fourth-order valence-corrected chi connectivity index (χ4v) is 2.58. The minimum Gasteiger partial charge on any atom is -0.348 e. The minimum absolute atomic E-state index is 0.118. The maximum Gasteiger partial charge on any atom is 0.147 e. The maximum absolute atomic E-state index is 13.7. The molecule has 0 spiro atoms. The number of hydrogen-bond acceptors (Lipinski definition) is 1. The topological polar surface area (TPSA) is 30.9 Å². The number of fused-ring (bicyclic) bond motifs is 1. The Hall–Kier alpha value is -1.35. The molecule has 0 atom stereocenters. The summed E-state index contributed by atoms with van der Waals surface area (Å²) in [7, 11) is 1.89. The average Bonchev–Trinajstić information content (AvgIpc) is 2.99. The molecule has 1 saturated carbocycles. The minimum atomic E-state index is -0.154. The third-order valence-corrected chi connectivity index (χ3v) is 3.77. The lowest BCUT2D eigenvalue weighted by Gasteiger charge is -2.10. The molecule has 1 fully saturated rings. The predicted octanol–water partition coefficient (Wildman–Crippen LogP) is 2.31. The highest BCUT2D eigenvalue weighted by atomic mass is 19.1. The molecule has 1 aliphatic carbocycles. The molecule has 2 aromatic rings. The van der Waals surface area contributed by atoms with Gasteiger partial charge in [-0.1, -0.05) is 12.1 Å². The molecule has 0 unspecified atom stereocenters. The van der Waals surface area contributed by atoms with Gasteiger partial charge in [-0.2, -0.15) is 0 Å². The van der Waals surface area contributed by atoms with E-state index in [-0.39, 0.29) is 11.2 Å². The Labute approximate surface area is 93.9 Å². The molecule has 0 aliphatic heterocycles. The molecule has 0 radical (unpaired) electrons. The van der Waals surface area contributed by atoms with Crippen molar-refractivity contribution in [2.24, 2.45) is 12.8 Å². The Bertz CT molecular complexity index is 552. The number of nitrogens with two attached hydrogens (primary N) is 1. The average molecular weight is 218 g/mol. The van der Waals surface area contributed by atoms with E-state index in [1.807, 2.05) is 23.9 Å². The first-order chi connectivity index (χ1) is 7.68. The summed E-state index contributed by atoms with van der Waals surface area (Å²) >= 11 is 0. The van der Waals surface area contributed by atoms with Gasteiger partial charge in [0, 0.05) is 30.6 Å². The van der Waals surface area contributed by atoms with Crippen LogP contribution in [0.25, 0.3) is 10.9 Å². The quantitative estimate of drug-likeness (QED) is 0.824. The molecule has 16 heavy (non-hydrogen) atoms. The van der Waals surface area contributed by atoms with Gasteiger partial charge >= 0.3 is 0 Å². The van der Waals surface area contributed by atoms with Gasteiger partial charge in [0.05, 0.1) is 5.52 Å². The molecular formula is C13H15FN2. The Morgan fingerprint density at radius 1 is 1.44 bits per heavy atom. The van der Waals surface area contributed by atoms with Crippen molar-refractivity contribution in [3.63, 3.8) is 0 Å². The summed E-state index contributed by atoms with van der Waals surface area (Å²) in [6.07, 6.45) is 4.28. The van der Waals surface area contributed by atoms with E-state index >= 15 is 0 Å². The number of aromatic nitrogens is 1. The van der Waals surface area contributed by atoms with E-state index < -0.39 is 0 Å². The van der Waals surface area contributed by atoms with Gasteiger partial charge in [0.1, 0.15) is 5.82 Å². The number of nitrogens with zero attached hydrogens (tertiary/aromatic N) is 1. The van der Waals surface area contributed by atoms with Gasteiger partial charge in [0.25, 0.3) is 0 Å². The smallest absolute Gasteiger partial charge is 0.147 e. The summed E-state index contributed by atoms with van der Waals surface area (Å²) in [4.78, 5) is 0. The van der Waals surface area contributed by atoms with Crippen LogP contribution in [0.15, 0.2) is 24.4 Å². The standard InChI is InChI=1S/C13H15FN2/c1-16-7-10(13(8-15)5-6-13)9-3-2-4-11(14)12(9)16/h2-4,7H,5-6,8,15H2,1H3. The molecule has 1 aromatic carbocycles. The van der Waals surface area contributed by atoms with Crippen molar-refractivity contribution in [1.29, 1.82) is 0 Å². The molecular weight excluding hydrogens is 203 g/mol. The van der Waals surface area contributed by atoms with Gasteiger partial charge in [-0.05, 0) is 24.5 Å². The summed E-state index contributed by atoms with van der Waals surface area (Å²) in [5.74, 6) is -0.154. The van der Waals surface area contributed by atoms with E-state index in [9.17, 15) is 4.39 Å². The fraction of sp³-hybridized carbons (Fsp3) is 0.385. The third-order valence-electron chi connectivity index (χ3n) is 3.77. The molecule has 1 aliphatic rings. The Morgan fingerprint density at radius 3 is 2.81 bits per heavy atom. The lowest BCUT2D eigenvalue weighted by Crippen LogP contribution is -2.19. The van der Waals surface area contributed by atoms with Crippen LogP contribution >= 0.6 is 0 Å². The van der Waals surface area contributed by atoms with Crippen molar-refractivity contribution >= 4 is 10.9 Å². The molecule has 3 heteroatoms. The van der Waals surface area contributed by atoms with Gasteiger partial charge in [-0.25, -0.2) is 4.39 Å². The first-order valence-electron chi connectivity index (χ1n) is 5.62. The van der Waals surface area contributed by atoms with E-state index in [0.29, 0.717) is 12.1 Å². The van der Waals surface area contributed by atoms with E-state index in [1.165, 1.54) is 11.6 Å². The number of benzene rings is 1. The normalized spacial score (nSPS) is 17.9. The van der Waals surface area contributed by atoms with Crippen LogP contribution in [-0.4, -0.2) is 11.1 Å². The van der Waals surface area contributed by atoms with E-state index in [2.05, 4.69) is 0 Å². The lowest BCUT2D eigenvalue weighted by molar-refractivity contribution is 0.632. The Balaban J connectivity index is 2.31. The van der Waals surface area contributed by atoms with Crippen molar-refractivity contribution in [2.45, 2.75) is 18.3 Å². The van der Waals surface area contributed by atoms with Gasteiger partial charge in [0.15, 0.2) is 0 Å². The zero-order chi connectivity index (χ0) is 11.3. The van der Waals surface area contributed by atoms with Gasteiger partial charge in [-0.15, -0.1) is 0 Å². The first kappa shape index (κ1) is 9.85. The van der Waals surface area contributed by atoms with E-state index in [0.717, 1.165) is 18.2 Å². The molecule has 3 rings (SSSR count). The number of rotatable bonds is 2. The van der Waals surface area contributed by atoms with Crippen molar-refractivity contribution in [3.8, 4) is 0 Å². The lowest BCUT2D eigenvalue weighted by atomic mass is 9.96. The molecule has 1 heterocycles. The second-order valence-electron chi connectivity index (χ2n) is 4.77. The van der Waals surface area contributed by atoms with Gasteiger partial charge < -0.3 is 10.3 Å². The number of aryl methyl sites for hydroxylation is 1. The molecule has 0 amide bonds. The van der Waals surface area contributed by atoms with Gasteiger partial charge in [-0.3, -0.25) is 0 Å². The summed E-state index contributed by atoms with van der Waals surface area (Å²) in [6, 6.07) is 5.27. The van der Waals surface area contributed by atoms with Crippen LogP contribution in [0.1, 0.15) is 18.4 Å². The van der Waals surface area contributed by atoms with Crippen LogP contribution in [0.3, 0.4) is 0 Å². The highest BCUT2D eigenvalue weighted by Crippen LogP contribution is 2.50. The number of hydrogen-bond donors (Lipinski definition) is 1. The van der Waals surface area contributed by atoms with Crippen molar-refractivity contribution in [3.05, 3.63) is 35.8 Å². The van der Waals surface area contributed by atoms with Crippen molar-refractivity contribution in [1.82, 2.24) is 4.57 Å². The fourth-order valence-electron chi connectivity index (χ4n) is 2.58.